The molecule has 7 heteroatoms. The van der Waals surface area contributed by atoms with Crippen LogP contribution in [-0.2, 0) is 12.7 Å². The van der Waals surface area contributed by atoms with Crippen LogP contribution in [0.4, 0.5) is 13.2 Å². The number of alkyl halides is 3. The second kappa shape index (κ2) is 4.40. The molecule has 0 aliphatic heterocycles. The Labute approximate surface area is 107 Å². The molecule has 4 nitrogen and oxygen atoms in total. The van der Waals surface area contributed by atoms with Crippen molar-refractivity contribution in [3.05, 3.63) is 27.9 Å². The Morgan fingerprint density at radius 1 is 1.42 bits per heavy atom. The van der Waals surface area contributed by atoms with Gasteiger partial charge < -0.3 is 4.98 Å². The van der Waals surface area contributed by atoms with Crippen molar-refractivity contribution in [1.29, 1.82) is 0 Å². The number of rotatable bonds is 2. The van der Waals surface area contributed by atoms with Gasteiger partial charge in [-0.05, 0) is 18.9 Å². The van der Waals surface area contributed by atoms with Crippen LogP contribution in [0, 0.1) is 12.8 Å². The van der Waals surface area contributed by atoms with E-state index in [2.05, 4.69) is 9.97 Å². The normalized spacial score (nSPS) is 12.6. The fraction of sp³-hybridized carbons (Fsp3) is 0.500. The molecule has 19 heavy (non-hydrogen) atoms. The first kappa shape index (κ1) is 13.6. The second-order valence-corrected chi connectivity index (χ2v) is 4.96. The van der Waals surface area contributed by atoms with Gasteiger partial charge in [-0.2, -0.15) is 13.2 Å². The molecular weight excluding hydrogens is 259 g/mol. The minimum Gasteiger partial charge on any atom is -0.343 e. The summed E-state index contributed by atoms with van der Waals surface area (Å²) in [5.41, 5.74) is -0.0692. The van der Waals surface area contributed by atoms with E-state index in [-0.39, 0.29) is 23.5 Å². The maximum absolute atomic E-state index is 13.0. The van der Waals surface area contributed by atoms with Crippen molar-refractivity contribution < 1.29 is 13.2 Å². The summed E-state index contributed by atoms with van der Waals surface area (Å²) >= 11 is 0. The van der Waals surface area contributed by atoms with Crippen molar-refractivity contribution in [2.45, 2.75) is 33.5 Å². The number of halogens is 3. The van der Waals surface area contributed by atoms with Crippen LogP contribution in [0.25, 0.3) is 11.0 Å². The summed E-state index contributed by atoms with van der Waals surface area (Å²) in [6.45, 7) is 5.15. The van der Waals surface area contributed by atoms with E-state index >= 15 is 0 Å². The van der Waals surface area contributed by atoms with Crippen molar-refractivity contribution in [2.75, 3.05) is 0 Å². The lowest BCUT2D eigenvalue weighted by molar-refractivity contribution is -0.148. The number of hydrogen-bond donors (Lipinski definition) is 1. The lowest BCUT2D eigenvalue weighted by Gasteiger charge is -2.15. The van der Waals surface area contributed by atoms with Crippen molar-refractivity contribution in [1.82, 2.24) is 14.5 Å². The van der Waals surface area contributed by atoms with Gasteiger partial charge in [0.25, 0.3) is 5.56 Å². The van der Waals surface area contributed by atoms with Crippen LogP contribution in [0.1, 0.15) is 25.4 Å². The first-order chi connectivity index (χ1) is 8.70. The number of H-pyrrole nitrogens is 1. The highest BCUT2D eigenvalue weighted by Gasteiger charge is 2.37. The zero-order chi connectivity index (χ0) is 14.4. The molecule has 0 saturated heterocycles. The first-order valence-corrected chi connectivity index (χ1v) is 5.87. The molecule has 0 bridgehead atoms. The molecule has 0 aliphatic rings. The predicted molar refractivity (Wildman–Crippen MR) is 64.9 cm³/mol. The van der Waals surface area contributed by atoms with Gasteiger partial charge in [-0.25, -0.2) is 4.98 Å². The Morgan fingerprint density at radius 3 is 2.58 bits per heavy atom. The summed E-state index contributed by atoms with van der Waals surface area (Å²) in [4.78, 5) is 18.4. The van der Waals surface area contributed by atoms with Gasteiger partial charge in [0.05, 0.1) is 5.39 Å². The van der Waals surface area contributed by atoms with E-state index in [4.69, 9.17) is 0 Å². The molecule has 0 aliphatic carbocycles. The number of fused-ring (bicyclic) bond motifs is 1. The van der Waals surface area contributed by atoms with E-state index in [1.165, 1.54) is 6.07 Å². The summed E-state index contributed by atoms with van der Waals surface area (Å²) < 4.78 is 39.6. The lowest BCUT2D eigenvalue weighted by atomic mass is 10.2. The molecule has 0 unspecified atom stereocenters. The highest BCUT2D eigenvalue weighted by molar-refractivity contribution is 5.75. The fourth-order valence-corrected chi connectivity index (χ4v) is 1.99. The van der Waals surface area contributed by atoms with E-state index in [0.29, 0.717) is 10.3 Å². The molecule has 104 valence electrons. The molecule has 0 amide bonds. The molecule has 0 atom stereocenters. The number of aryl methyl sites for hydroxylation is 1. The van der Waals surface area contributed by atoms with Gasteiger partial charge in [-0.15, -0.1) is 0 Å². The molecule has 0 spiro atoms. The molecule has 2 aromatic rings. The third-order valence-electron chi connectivity index (χ3n) is 2.68. The molecular formula is C12H14F3N3O. The maximum atomic E-state index is 13.0. The second-order valence-electron chi connectivity index (χ2n) is 4.96. The predicted octanol–water partition coefficient (Wildman–Crippen LogP) is 2.71. The van der Waals surface area contributed by atoms with Crippen LogP contribution in [0.2, 0.25) is 0 Å². The standard InChI is InChI=1S/C12H14F3N3O/c1-6(2)5-18-10(19)8-4-7(3)16-9(8)17-11(18)12(13,14)15/h4,6,16H,5H2,1-3H3. The Morgan fingerprint density at radius 2 is 2.05 bits per heavy atom. The van der Waals surface area contributed by atoms with Crippen molar-refractivity contribution >= 4 is 11.0 Å². The molecule has 0 saturated carbocycles. The summed E-state index contributed by atoms with van der Waals surface area (Å²) in [7, 11) is 0. The summed E-state index contributed by atoms with van der Waals surface area (Å²) in [6, 6.07) is 1.52. The lowest BCUT2D eigenvalue weighted by Crippen LogP contribution is -2.31. The van der Waals surface area contributed by atoms with E-state index in [1.807, 2.05) is 0 Å². The Balaban J connectivity index is 2.80. The average molecular weight is 273 g/mol. The van der Waals surface area contributed by atoms with Crippen LogP contribution in [-0.4, -0.2) is 14.5 Å². The maximum Gasteiger partial charge on any atom is 0.449 e. The van der Waals surface area contributed by atoms with Crippen molar-refractivity contribution in [3.8, 4) is 0 Å². The van der Waals surface area contributed by atoms with Gasteiger partial charge in [0, 0.05) is 12.2 Å². The molecule has 2 aromatic heterocycles. The fourth-order valence-electron chi connectivity index (χ4n) is 1.99. The van der Waals surface area contributed by atoms with Crippen LogP contribution >= 0.6 is 0 Å². The number of nitrogens with zero attached hydrogens (tertiary/aromatic N) is 2. The van der Waals surface area contributed by atoms with Crippen molar-refractivity contribution in [2.24, 2.45) is 5.92 Å². The SMILES string of the molecule is Cc1cc2c(=O)n(CC(C)C)c(C(F)(F)F)nc2[nH]1. The topological polar surface area (TPSA) is 50.7 Å². The molecule has 0 aromatic carbocycles. The number of hydrogen-bond acceptors (Lipinski definition) is 2. The van der Waals surface area contributed by atoms with Gasteiger partial charge in [0.1, 0.15) is 5.65 Å². The quantitative estimate of drug-likeness (QED) is 0.914. The monoisotopic (exact) mass is 273 g/mol. The van der Waals surface area contributed by atoms with E-state index in [9.17, 15) is 18.0 Å². The minimum absolute atomic E-state index is 0.0131. The zero-order valence-electron chi connectivity index (χ0n) is 10.8. The zero-order valence-corrected chi connectivity index (χ0v) is 10.8. The van der Waals surface area contributed by atoms with E-state index in [1.54, 1.807) is 20.8 Å². The summed E-state index contributed by atoms with van der Waals surface area (Å²) in [5.74, 6) is -1.24. The molecule has 1 N–H and O–H groups in total. The van der Waals surface area contributed by atoms with Crippen LogP contribution < -0.4 is 5.56 Å². The van der Waals surface area contributed by atoms with Crippen molar-refractivity contribution in [3.63, 3.8) is 0 Å². The minimum atomic E-state index is -4.65. The molecule has 2 rings (SSSR count). The highest BCUT2D eigenvalue weighted by atomic mass is 19.4. The van der Waals surface area contributed by atoms with Crippen LogP contribution in [0.5, 0.6) is 0 Å². The number of aromatic amines is 1. The largest absolute Gasteiger partial charge is 0.449 e. The smallest absolute Gasteiger partial charge is 0.343 e. The molecule has 0 fully saturated rings. The third kappa shape index (κ3) is 2.50. The van der Waals surface area contributed by atoms with E-state index < -0.39 is 17.6 Å². The third-order valence-corrected chi connectivity index (χ3v) is 2.68. The summed E-state index contributed by atoms with van der Waals surface area (Å²) in [6.07, 6.45) is -4.65. The molecule has 2 heterocycles. The van der Waals surface area contributed by atoms with Crippen LogP contribution in [0.3, 0.4) is 0 Å². The van der Waals surface area contributed by atoms with E-state index in [0.717, 1.165) is 0 Å². The van der Waals surface area contributed by atoms with Gasteiger partial charge in [-0.1, -0.05) is 13.8 Å². The summed E-state index contributed by atoms with van der Waals surface area (Å²) in [5, 5.41) is 0.186. The van der Waals surface area contributed by atoms with Crippen LogP contribution in [0.15, 0.2) is 10.9 Å². The first-order valence-electron chi connectivity index (χ1n) is 5.87. The highest BCUT2D eigenvalue weighted by Crippen LogP contribution is 2.28. The Hall–Kier alpha value is -1.79. The van der Waals surface area contributed by atoms with Gasteiger partial charge in [0.15, 0.2) is 0 Å². The number of aromatic nitrogens is 3. The Bertz CT molecular complexity index is 667. The number of nitrogens with one attached hydrogen (secondary N) is 1. The van der Waals surface area contributed by atoms with Gasteiger partial charge >= 0.3 is 6.18 Å². The van der Waals surface area contributed by atoms with Gasteiger partial charge in [0.2, 0.25) is 5.82 Å². The Kier molecular flexibility index (Phi) is 3.15. The average Bonchev–Trinajstić information content (AvgIpc) is 2.61. The molecule has 0 radical (unpaired) electrons. The van der Waals surface area contributed by atoms with Gasteiger partial charge in [-0.3, -0.25) is 9.36 Å².